The van der Waals surface area contributed by atoms with Crippen LogP contribution in [-0.2, 0) is 25.0 Å². The van der Waals surface area contributed by atoms with Crippen molar-refractivity contribution in [2.45, 2.75) is 20.5 Å². The van der Waals surface area contributed by atoms with Crippen molar-refractivity contribution in [2.24, 2.45) is 0 Å². The summed E-state index contributed by atoms with van der Waals surface area (Å²) in [4.78, 5) is 11.4. The van der Waals surface area contributed by atoms with Gasteiger partial charge in [-0.3, -0.25) is 14.4 Å². The number of carbonyl (C=O) groups excluding carboxylic acids is 1. The van der Waals surface area contributed by atoms with E-state index in [9.17, 15) is 9.36 Å². The topological polar surface area (TPSA) is 73.9 Å². The van der Waals surface area contributed by atoms with Crippen LogP contribution in [0, 0.1) is 0 Å². The van der Waals surface area contributed by atoms with Gasteiger partial charge >= 0.3 is 13.7 Å². The normalized spacial score (nSPS) is 13.5. The molecule has 0 spiro atoms. The molecule has 1 aromatic carbocycles. The highest BCUT2D eigenvalue weighted by atomic mass is 31.2. The van der Waals surface area contributed by atoms with E-state index in [0.717, 1.165) is 5.56 Å². The Labute approximate surface area is 119 Å². The lowest BCUT2D eigenvalue weighted by atomic mass is 10.2. The van der Waals surface area contributed by atoms with Gasteiger partial charge in [-0.15, -0.1) is 0 Å². The van der Waals surface area contributed by atoms with Crippen molar-refractivity contribution in [2.75, 3.05) is 19.5 Å². The van der Waals surface area contributed by atoms with Crippen LogP contribution in [0.4, 0.5) is 4.79 Å². The van der Waals surface area contributed by atoms with E-state index >= 15 is 0 Å². The number of benzene rings is 1. The molecule has 0 fully saturated rings. The van der Waals surface area contributed by atoms with Gasteiger partial charge < -0.3 is 9.26 Å². The van der Waals surface area contributed by atoms with Crippen LogP contribution in [-0.4, -0.2) is 25.6 Å². The molecule has 6 nitrogen and oxygen atoms in total. The van der Waals surface area contributed by atoms with Crippen molar-refractivity contribution >= 4 is 13.7 Å². The van der Waals surface area contributed by atoms with Gasteiger partial charge in [-0.25, -0.2) is 4.79 Å². The SMILES string of the molecule is CCOP(=O)(CC)OCNC(=O)OCc1ccccc1. The highest BCUT2D eigenvalue weighted by Crippen LogP contribution is 2.46. The van der Waals surface area contributed by atoms with Crippen LogP contribution in [0.15, 0.2) is 30.3 Å². The summed E-state index contributed by atoms with van der Waals surface area (Å²) in [6.07, 6.45) is -0.380. The van der Waals surface area contributed by atoms with Crippen LogP contribution in [0.5, 0.6) is 0 Å². The zero-order valence-corrected chi connectivity index (χ0v) is 12.6. The van der Waals surface area contributed by atoms with Gasteiger partial charge in [0.2, 0.25) is 0 Å². The Morgan fingerprint density at radius 1 is 1.20 bits per heavy atom. The Hall–Kier alpha value is -1.36. The molecular formula is C13H20NO5P. The van der Waals surface area contributed by atoms with Crippen molar-refractivity contribution in [1.29, 1.82) is 0 Å². The van der Waals surface area contributed by atoms with Crippen molar-refractivity contribution in [3.8, 4) is 0 Å². The minimum Gasteiger partial charge on any atom is -0.445 e. The maximum absolute atomic E-state index is 11.9. The zero-order valence-electron chi connectivity index (χ0n) is 11.7. The number of hydrogen-bond acceptors (Lipinski definition) is 5. The molecule has 20 heavy (non-hydrogen) atoms. The molecule has 0 saturated heterocycles. The molecule has 1 aromatic rings. The van der Waals surface area contributed by atoms with E-state index in [1.165, 1.54) is 0 Å². The van der Waals surface area contributed by atoms with E-state index in [-0.39, 0.29) is 19.5 Å². The van der Waals surface area contributed by atoms with Crippen LogP contribution in [0.1, 0.15) is 19.4 Å². The van der Waals surface area contributed by atoms with E-state index < -0.39 is 13.7 Å². The smallest absolute Gasteiger partial charge is 0.409 e. The molecule has 7 heteroatoms. The number of amides is 1. The van der Waals surface area contributed by atoms with Gasteiger partial charge in [-0.2, -0.15) is 0 Å². The molecule has 0 saturated carbocycles. The summed E-state index contributed by atoms with van der Waals surface area (Å²) >= 11 is 0. The van der Waals surface area contributed by atoms with Crippen LogP contribution in [0.3, 0.4) is 0 Å². The molecule has 1 atom stereocenters. The lowest BCUT2D eigenvalue weighted by Crippen LogP contribution is -2.26. The van der Waals surface area contributed by atoms with Crippen molar-refractivity contribution in [3.63, 3.8) is 0 Å². The van der Waals surface area contributed by atoms with Gasteiger partial charge in [-0.05, 0) is 12.5 Å². The van der Waals surface area contributed by atoms with Crippen LogP contribution in [0.2, 0.25) is 0 Å². The van der Waals surface area contributed by atoms with Crippen LogP contribution in [0.25, 0.3) is 0 Å². The van der Waals surface area contributed by atoms with Crippen molar-refractivity contribution in [1.82, 2.24) is 5.32 Å². The van der Waals surface area contributed by atoms with E-state index in [1.54, 1.807) is 13.8 Å². The first-order valence-electron chi connectivity index (χ1n) is 6.42. The fourth-order valence-corrected chi connectivity index (χ4v) is 2.47. The Morgan fingerprint density at radius 2 is 1.90 bits per heavy atom. The summed E-state index contributed by atoms with van der Waals surface area (Å²) in [5, 5.41) is 2.37. The predicted molar refractivity (Wildman–Crippen MR) is 75.5 cm³/mol. The second-order valence-corrected chi connectivity index (χ2v) is 6.23. The number of alkyl carbamates (subject to hydrolysis) is 1. The van der Waals surface area contributed by atoms with E-state index in [1.807, 2.05) is 30.3 Å². The van der Waals surface area contributed by atoms with Gasteiger partial charge in [-0.1, -0.05) is 37.3 Å². The molecular weight excluding hydrogens is 281 g/mol. The first kappa shape index (κ1) is 16.7. The fourth-order valence-electron chi connectivity index (χ4n) is 1.38. The lowest BCUT2D eigenvalue weighted by molar-refractivity contribution is 0.126. The minimum absolute atomic E-state index is 0.170. The summed E-state index contributed by atoms with van der Waals surface area (Å²) in [5.74, 6) is 0. The monoisotopic (exact) mass is 301 g/mol. The summed E-state index contributed by atoms with van der Waals surface area (Å²) in [6.45, 7) is 3.68. The molecule has 0 radical (unpaired) electrons. The second-order valence-electron chi connectivity index (χ2n) is 3.86. The van der Waals surface area contributed by atoms with E-state index in [0.29, 0.717) is 6.61 Å². The first-order chi connectivity index (χ1) is 9.59. The molecule has 0 aromatic heterocycles. The quantitative estimate of drug-likeness (QED) is 0.590. The standard InChI is InChI=1S/C13H20NO5P/c1-3-18-20(16,4-2)19-11-14-13(15)17-10-12-8-6-5-7-9-12/h5-9H,3-4,10-11H2,1-2H3,(H,14,15). The third-order valence-electron chi connectivity index (χ3n) is 2.40. The van der Waals surface area contributed by atoms with Gasteiger partial charge in [0.15, 0.2) is 0 Å². The number of nitrogens with one attached hydrogen (secondary N) is 1. The Kier molecular flexibility index (Phi) is 7.30. The Balaban J connectivity index is 2.25. The highest BCUT2D eigenvalue weighted by Gasteiger charge is 2.21. The molecule has 0 heterocycles. The largest absolute Gasteiger partial charge is 0.445 e. The van der Waals surface area contributed by atoms with Gasteiger partial charge in [0.05, 0.1) is 6.61 Å². The zero-order chi connectivity index (χ0) is 14.8. The third-order valence-corrected chi connectivity index (χ3v) is 4.35. The average Bonchev–Trinajstić information content (AvgIpc) is 2.46. The lowest BCUT2D eigenvalue weighted by Gasteiger charge is -2.16. The molecule has 1 amide bonds. The van der Waals surface area contributed by atoms with Crippen LogP contribution < -0.4 is 5.32 Å². The molecule has 0 aliphatic carbocycles. The van der Waals surface area contributed by atoms with E-state index in [4.69, 9.17) is 13.8 Å². The van der Waals surface area contributed by atoms with Crippen molar-refractivity contribution in [3.05, 3.63) is 35.9 Å². The van der Waals surface area contributed by atoms with Gasteiger partial charge in [0, 0.05) is 6.16 Å². The van der Waals surface area contributed by atoms with Gasteiger partial charge in [0.25, 0.3) is 0 Å². The average molecular weight is 301 g/mol. The summed E-state index contributed by atoms with van der Waals surface area (Å²) < 4.78 is 27.0. The molecule has 0 bridgehead atoms. The van der Waals surface area contributed by atoms with Gasteiger partial charge in [0.1, 0.15) is 13.3 Å². The summed E-state index contributed by atoms with van der Waals surface area (Å²) in [7, 11) is -3.10. The Bertz CT molecular complexity index is 451. The van der Waals surface area contributed by atoms with E-state index in [2.05, 4.69) is 5.32 Å². The maximum atomic E-state index is 11.9. The molecule has 1 rings (SSSR count). The maximum Gasteiger partial charge on any atom is 0.409 e. The third kappa shape index (κ3) is 6.19. The number of rotatable bonds is 8. The summed E-state index contributed by atoms with van der Waals surface area (Å²) in [5.41, 5.74) is 0.886. The Morgan fingerprint density at radius 3 is 2.50 bits per heavy atom. The molecule has 112 valence electrons. The predicted octanol–water partition coefficient (Wildman–Crippen LogP) is 3.14. The van der Waals surface area contributed by atoms with Crippen LogP contribution >= 0.6 is 7.60 Å². The first-order valence-corrected chi connectivity index (χ1v) is 8.15. The number of hydrogen-bond donors (Lipinski definition) is 1. The fraction of sp³-hybridized carbons (Fsp3) is 0.462. The van der Waals surface area contributed by atoms with Crippen molar-refractivity contribution < 1.29 is 23.1 Å². The number of ether oxygens (including phenoxy) is 1. The second kappa shape index (κ2) is 8.74. The molecule has 0 aliphatic heterocycles. The molecule has 1 unspecified atom stereocenters. The highest BCUT2D eigenvalue weighted by molar-refractivity contribution is 7.53. The molecule has 1 N–H and O–H groups in total. The number of carbonyl (C=O) groups is 1. The summed E-state index contributed by atoms with van der Waals surface area (Å²) in [6, 6.07) is 9.31. The minimum atomic E-state index is -3.10. The molecule has 0 aliphatic rings.